The summed E-state index contributed by atoms with van der Waals surface area (Å²) in [4.78, 5) is 31.8. The molecule has 0 radical (unpaired) electrons. The fourth-order valence-electron chi connectivity index (χ4n) is 3.93. The number of halogens is 1. The van der Waals surface area contributed by atoms with Crippen LogP contribution >= 0.6 is 22.9 Å². The number of hydrogen-bond donors (Lipinski definition) is 1. The van der Waals surface area contributed by atoms with E-state index in [1.165, 1.54) is 10.5 Å². The van der Waals surface area contributed by atoms with Crippen molar-refractivity contribution in [2.75, 3.05) is 23.4 Å². The van der Waals surface area contributed by atoms with Gasteiger partial charge in [-0.3, -0.25) is 14.5 Å². The van der Waals surface area contributed by atoms with E-state index in [1.807, 2.05) is 48.7 Å². The summed E-state index contributed by atoms with van der Waals surface area (Å²) in [6, 6.07) is 21.0. The van der Waals surface area contributed by atoms with Gasteiger partial charge in [-0.1, -0.05) is 41.9 Å². The second-order valence-corrected chi connectivity index (χ2v) is 9.63. The number of aryl methyl sites for hydroxylation is 1. The maximum absolute atomic E-state index is 12.8. The Morgan fingerprint density at radius 3 is 2.77 bits per heavy atom. The Labute approximate surface area is 212 Å². The monoisotopic (exact) mass is 503 g/mol. The van der Waals surface area contributed by atoms with E-state index in [1.54, 1.807) is 29.5 Å². The molecule has 35 heavy (non-hydrogen) atoms. The van der Waals surface area contributed by atoms with E-state index < -0.39 is 0 Å². The molecular formula is C27H22ClN3O3S. The Kier molecular flexibility index (Phi) is 6.53. The number of nitrogens with one attached hydrogen (secondary N) is 1. The number of anilines is 2. The van der Waals surface area contributed by atoms with E-state index in [-0.39, 0.29) is 25.0 Å². The first-order chi connectivity index (χ1) is 17.0. The van der Waals surface area contributed by atoms with E-state index in [2.05, 4.69) is 17.4 Å². The number of carbonyl (C=O) groups is 2. The number of carbonyl (C=O) groups excluding carboxylic acids is 2. The van der Waals surface area contributed by atoms with E-state index in [9.17, 15) is 9.59 Å². The molecule has 8 heteroatoms. The second-order valence-electron chi connectivity index (χ2n) is 8.25. The lowest BCUT2D eigenvalue weighted by molar-refractivity contribution is -0.123. The highest BCUT2D eigenvalue weighted by Gasteiger charge is 2.28. The molecule has 6 nitrogen and oxygen atoms in total. The van der Waals surface area contributed by atoms with Crippen LogP contribution in [0.5, 0.6) is 5.75 Å². The second kappa shape index (κ2) is 9.90. The molecule has 1 aliphatic rings. The van der Waals surface area contributed by atoms with Gasteiger partial charge in [0, 0.05) is 28.1 Å². The van der Waals surface area contributed by atoms with E-state index in [0.29, 0.717) is 22.1 Å². The van der Waals surface area contributed by atoms with Crippen LogP contribution in [-0.4, -0.2) is 29.9 Å². The summed E-state index contributed by atoms with van der Waals surface area (Å²) in [7, 11) is 0. The number of aromatic nitrogens is 1. The minimum Gasteiger partial charge on any atom is -0.482 e. The summed E-state index contributed by atoms with van der Waals surface area (Å²) in [5.74, 6) is -0.0231. The molecule has 0 unspecified atom stereocenters. The molecule has 0 saturated heterocycles. The summed E-state index contributed by atoms with van der Waals surface area (Å²) < 4.78 is 5.62. The van der Waals surface area contributed by atoms with Gasteiger partial charge in [0.25, 0.3) is 5.91 Å². The maximum atomic E-state index is 12.8. The lowest BCUT2D eigenvalue weighted by atomic mass is 10.1. The Morgan fingerprint density at radius 2 is 1.97 bits per heavy atom. The number of rotatable bonds is 6. The van der Waals surface area contributed by atoms with Crippen molar-refractivity contribution in [1.29, 1.82) is 0 Å². The molecule has 0 spiro atoms. The topological polar surface area (TPSA) is 71.5 Å². The molecule has 0 bridgehead atoms. The molecule has 2 amide bonds. The van der Waals surface area contributed by atoms with Crippen LogP contribution < -0.4 is 15.0 Å². The van der Waals surface area contributed by atoms with Crippen molar-refractivity contribution in [3.63, 3.8) is 0 Å². The first-order valence-corrected chi connectivity index (χ1v) is 12.3. The highest BCUT2D eigenvalue weighted by Crippen LogP contribution is 2.36. The number of ether oxygens (including phenoxy) is 1. The SMILES string of the molecule is Cc1cc(Cl)ccc1NC(=O)CN1C(=O)COc2ccc(-c3csc(Cc4ccccc4)n3)cc21. The van der Waals surface area contributed by atoms with Crippen LogP contribution in [-0.2, 0) is 16.0 Å². The molecule has 5 rings (SSSR count). The minimum absolute atomic E-state index is 0.114. The number of thiazole rings is 1. The fraction of sp³-hybridized carbons (Fsp3) is 0.148. The summed E-state index contributed by atoms with van der Waals surface area (Å²) in [6.07, 6.45) is 0.758. The van der Waals surface area contributed by atoms with Crippen LogP contribution in [0.4, 0.5) is 11.4 Å². The van der Waals surface area contributed by atoms with Gasteiger partial charge in [-0.15, -0.1) is 11.3 Å². The first kappa shape index (κ1) is 23.1. The van der Waals surface area contributed by atoms with Gasteiger partial charge in [-0.25, -0.2) is 4.98 Å². The van der Waals surface area contributed by atoms with Gasteiger partial charge in [0.2, 0.25) is 5.91 Å². The molecule has 3 aromatic carbocycles. The Balaban J connectivity index is 1.36. The van der Waals surface area contributed by atoms with Crippen molar-refractivity contribution < 1.29 is 14.3 Å². The van der Waals surface area contributed by atoms with Crippen LogP contribution in [0.15, 0.2) is 72.1 Å². The van der Waals surface area contributed by atoms with Crippen molar-refractivity contribution >= 4 is 46.1 Å². The molecule has 0 fully saturated rings. The first-order valence-electron chi connectivity index (χ1n) is 11.1. The van der Waals surface area contributed by atoms with Crippen molar-refractivity contribution in [3.05, 3.63) is 93.3 Å². The van der Waals surface area contributed by atoms with Gasteiger partial charge >= 0.3 is 0 Å². The lowest BCUT2D eigenvalue weighted by Gasteiger charge is -2.29. The minimum atomic E-state index is -0.305. The number of benzene rings is 3. The van der Waals surface area contributed by atoms with Gasteiger partial charge in [0.15, 0.2) is 6.61 Å². The number of hydrogen-bond acceptors (Lipinski definition) is 5. The van der Waals surface area contributed by atoms with Crippen molar-refractivity contribution in [1.82, 2.24) is 4.98 Å². The summed E-state index contributed by atoms with van der Waals surface area (Å²) in [5.41, 5.74) is 4.93. The quantitative estimate of drug-likeness (QED) is 0.365. The average molecular weight is 504 g/mol. The molecule has 176 valence electrons. The van der Waals surface area contributed by atoms with E-state index >= 15 is 0 Å². The molecule has 2 heterocycles. The van der Waals surface area contributed by atoms with Gasteiger partial charge < -0.3 is 10.1 Å². The predicted molar refractivity (Wildman–Crippen MR) is 139 cm³/mol. The Morgan fingerprint density at radius 1 is 1.14 bits per heavy atom. The molecule has 1 aliphatic heterocycles. The summed E-state index contributed by atoms with van der Waals surface area (Å²) in [6.45, 7) is 1.62. The summed E-state index contributed by atoms with van der Waals surface area (Å²) in [5, 5.41) is 6.47. The zero-order valence-electron chi connectivity index (χ0n) is 19.0. The molecule has 0 saturated carbocycles. The Bertz CT molecular complexity index is 1400. The van der Waals surface area contributed by atoms with Crippen LogP contribution in [0, 0.1) is 6.92 Å². The third kappa shape index (κ3) is 5.21. The molecule has 1 N–H and O–H groups in total. The molecule has 0 atom stereocenters. The van der Waals surface area contributed by atoms with Gasteiger partial charge in [-0.05, 0) is 54.4 Å². The van der Waals surface area contributed by atoms with Crippen molar-refractivity contribution in [2.45, 2.75) is 13.3 Å². The third-order valence-corrected chi connectivity index (χ3v) is 6.80. The van der Waals surface area contributed by atoms with Crippen LogP contribution in [0.1, 0.15) is 16.1 Å². The zero-order chi connectivity index (χ0) is 24.4. The molecule has 4 aromatic rings. The van der Waals surface area contributed by atoms with Crippen LogP contribution in [0.3, 0.4) is 0 Å². The highest BCUT2D eigenvalue weighted by molar-refractivity contribution is 7.10. The predicted octanol–water partition coefficient (Wildman–Crippen LogP) is 5.73. The number of fused-ring (bicyclic) bond motifs is 1. The lowest BCUT2D eigenvalue weighted by Crippen LogP contribution is -2.43. The summed E-state index contributed by atoms with van der Waals surface area (Å²) >= 11 is 7.60. The Hall–Kier alpha value is -3.68. The van der Waals surface area contributed by atoms with E-state index in [0.717, 1.165) is 28.2 Å². The smallest absolute Gasteiger partial charge is 0.265 e. The average Bonchev–Trinajstić information content (AvgIpc) is 3.31. The van der Waals surface area contributed by atoms with Gasteiger partial charge in [-0.2, -0.15) is 0 Å². The molecule has 0 aliphatic carbocycles. The molecular weight excluding hydrogens is 482 g/mol. The van der Waals surface area contributed by atoms with Crippen molar-refractivity contribution in [2.24, 2.45) is 0 Å². The number of amides is 2. The standard InChI is InChI=1S/C27H22ClN3O3S/c1-17-11-20(28)8-9-21(17)29-25(32)14-31-23-13-19(7-10-24(23)34-15-27(31)33)22-16-35-26(30-22)12-18-5-3-2-4-6-18/h2-11,13,16H,12,14-15H2,1H3,(H,29,32). The maximum Gasteiger partial charge on any atom is 0.265 e. The van der Waals surface area contributed by atoms with E-state index in [4.69, 9.17) is 21.3 Å². The normalized spacial score (nSPS) is 12.7. The highest BCUT2D eigenvalue weighted by atomic mass is 35.5. The van der Waals surface area contributed by atoms with Crippen LogP contribution in [0.25, 0.3) is 11.3 Å². The zero-order valence-corrected chi connectivity index (χ0v) is 20.5. The third-order valence-electron chi connectivity index (χ3n) is 5.71. The van der Waals surface area contributed by atoms with Gasteiger partial charge in [0.05, 0.1) is 16.4 Å². The number of nitrogens with zero attached hydrogens (tertiary/aromatic N) is 2. The fourth-order valence-corrected chi connectivity index (χ4v) is 4.99. The van der Waals surface area contributed by atoms with Crippen molar-refractivity contribution in [3.8, 4) is 17.0 Å². The van der Waals surface area contributed by atoms with Gasteiger partial charge in [0.1, 0.15) is 12.3 Å². The molecule has 1 aromatic heterocycles. The van der Waals surface area contributed by atoms with Crippen LogP contribution in [0.2, 0.25) is 5.02 Å². The largest absolute Gasteiger partial charge is 0.482 e.